The van der Waals surface area contributed by atoms with Crippen molar-refractivity contribution >= 4 is 35.1 Å². The standard InChI is InChI=1S/C12H11Cl2NO3/c1-15-10(16)5-7(12(17)18)11(15)6-2-3-8(13)9(14)4-6/h2-4,7,11H,5H2,1H3,(H,17,18). The lowest BCUT2D eigenvalue weighted by molar-refractivity contribution is -0.142. The van der Waals surface area contributed by atoms with Gasteiger partial charge >= 0.3 is 5.97 Å². The van der Waals surface area contributed by atoms with Gasteiger partial charge in [0.15, 0.2) is 0 Å². The summed E-state index contributed by atoms with van der Waals surface area (Å²) in [6, 6.07) is 4.42. The molecule has 96 valence electrons. The van der Waals surface area contributed by atoms with Crippen molar-refractivity contribution in [2.75, 3.05) is 7.05 Å². The fraction of sp³-hybridized carbons (Fsp3) is 0.333. The lowest BCUT2D eigenvalue weighted by atomic mass is 9.94. The Kier molecular flexibility index (Phi) is 3.50. The molecule has 1 heterocycles. The summed E-state index contributed by atoms with van der Waals surface area (Å²) in [7, 11) is 1.60. The summed E-state index contributed by atoms with van der Waals surface area (Å²) in [5, 5.41) is 9.92. The van der Waals surface area contributed by atoms with Gasteiger partial charge in [-0.2, -0.15) is 0 Å². The van der Waals surface area contributed by atoms with E-state index in [-0.39, 0.29) is 12.3 Å². The number of carbonyl (C=O) groups excluding carboxylic acids is 1. The van der Waals surface area contributed by atoms with Gasteiger partial charge in [-0.1, -0.05) is 29.3 Å². The van der Waals surface area contributed by atoms with E-state index >= 15 is 0 Å². The Morgan fingerprint density at radius 1 is 1.39 bits per heavy atom. The number of benzene rings is 1. The summed E-state index contributed by atoms with van der Waals surface area (Å²) >= 11 is 11.7. The number of hydrogen-bond donors (Lipinski definition) is 1. The Hall–Kier alpha value is -1.26. The molecule has 0 bridgehead atoms. The lowest BCUT2D eigenvalue weighted by Crippen LogP contribution is -2.26. The van der Waals surface area contributed by atoms with Crippen molar-refractivity contribution in [1.82, 2.24) is 4.90 Å². The van der Waals surface area contributed by atoms with Gasteiger partial charge in [0.25, 0.3) is 0 Å². The molecule has 2 atom stereocenters. The molecule has 0 aromatic heterocycles. The zero-order valence-corrected chi connectivity index (χ0v) is 11.1. The summed E-state index contributed by atoms with van der Waals surface area (Å²) in [6.07, 6.45) is 0.0107. The van der Waals surface area contributed by atoms with Crippen LogP contribution in [-0.4, -0.2) is 28.9 Å². The zero-order valence-electron chi connectivity index (χ0n) is 9.56. The molecular formula is C12H11Cl2NO3. The van der Waals surface area contributed by atoms with Gasteiger partial charge in [-0.15, -0.1) is 0 Å². The first-order chi connectivity index (χ1) is 8.41. The van der Waals surface area contributed by atoms with Crippen LogP contribution in [-0.2, 0) is 9.59 Å². The molecule has 2 rings (SSSR count). The number of rotatable bonds is 2. The van der Waals surface area contributed by atoms with Gasteiger partial charge in [-0.25, -0.2) is 0 Å². The second kappa shape index (κ2) is 4.78. The van der Waals surface area contributed by atoms with Crippen molar-refractivity contribution in [2.45, 2.75) is 12.5 Å². The minimum absolute atomic E-state index is 0.0107. The molecule has 0 spiro atoms. The SMILES string of the molecule is CN1C(=O)CC(C(=O)O)C1c1ccc(Cl)c(Cl)c1. The smallest absolute Gasteiger partial charge is 0.309 e. The van der Waals surface area contributed by atoms with Crippen LogP contribution in [0.2, 0.25) is 10.0 Å². The van der Waals surface area contributed by atoms with E-state index < -0.39 is 17.9 Å². The summed E-state index contributed by atoms with van der Waals surface area (Å²) in [5.74, 6) is -1.91. The van der Waals surface area contributed by atoms with Crippen LogP contribution in [0.25, 0.3) is 0 Å². The molecule has 1 saturated heterocycles. The average molecular weight is 288 g/mol. The Bertz CT molecular complexity index is 518. The molecule has 1 aromatic rings. The molecule has 2 unspecified atom stereocenters. The van der Waals surface area contributed by atoms with Crippen LogP contribution in [0.15, 0.2) is 18.2 Å². The molecule has 1 aliphatic heterocycles. The largest absolute Gasteiger partial charge is 0.481 e. The maximum Gasteiger partial charge on any atom is 0.309 e. The van der Waals surface area contributed by atoms with Crippen LogP contribution in [0.4, 0.5) is 0 Å². The maximum absolute atomic E-state index is 11.6. The van der Waals surface area contributed by atoms with Crippen molar-refractivity contribution in [2.24, 2.45) is 5.92 Å². The highest BCUT2D eigenvalue weighted by molar-refractivity contribution is 6.42. The molecule has 4 nitrogen and oxygen atoms in total. The molecule has 1 N–H and O–H groups in total. The fourth-order valence-corrected chi connectivity index (χ4v) is 2.55. The highest BCUT2D eigenvalue weighted by Gasteiger charge is 2.42. The summed E-state index contributed by atoms with van der Waals surface area (Å²) in [5.41, 5.74) is 0.685. The number of hydrogen-bond acceptors (Lipinski definition) is 2. The minimum Gasteiger partial charge on any atom is -0.481 e. The molecule has 1 fully saturated rings. The number of carboxylic acid groups (broad SMARTS) is 1. The van der Waals surface area contributed by atoms with Gasteiger partial charge in [0.2, 0.25) is 5.91 Å². The molecular weight excluding hydrogens is 277 g/mol. The Morgan fingerprint density at radius 3 is 2.61 bits per heavy atom. The molecule has 6 heteroatoms. The van der Waals surface area contributed by atoms with E-state index in [0.717, 1.165) is 0 Å². The second-order valence-electron chi connectivity index (χ2n) is 4.27. The topological polar surface area (TPSA) is 57.6 Å². The van der Waals surface area contributed by atoms with Crippen molar-refractivity contribution < 1.29 is 14.7 Å². The molecule has 0 aliphatic carbocycles. The first-order valence-electron chi connectivity index (χ1n) is 5.35. The van der Waals surface area contributed by atoms with E-state index in [0.29, 0.717) is 15.6 Å². The predicted octanol–water partition coefficient (Wildman–Crippen LogP) is 2.60. The van der Waals surface area contributed by atoms with Crippen molar-refractivity contribution in [3.63, 3.8) is 0 Å². The number of aliphatic carboxylic acids is 1. The molecule has 18 heavy (non-hydrogen) atoms. The van der Waals surface area contributed by atoms with Crippen molar-refractivity contribution in [1.29, 1.82) is 0 Å². The van der Waals surface area contributed by atoms with Crippen molar-refractivity contribution in [3.05, 3.63) is 33.8 Å². The normalized spacial score (nSPS) is 23.5. The van der Waals surface area contributed by atoms with Gasteiger partial charge in [0.1, 0.15) is 0 Å². The van der Waals surface area contributed by atoms with Crippen LogP contribution < -0.4 is 0 Å². The van der Waals surface area contributed by atoms with Gasteiger partial charge < -0.3 is 10.0 Å². The summed E-state index contributed by atoms with van der Waals surface area (Å²) in [4.78, 5) is 24.3. The molecule has 1 amide bonds. The van der Waals surface area contributed by atoms with Gasteiger partial charge in [0, 0.05) is 13.5 Å². The zero-order chi connectivity index (χ0) is 13.4. The summed E-state index contributed by atoms with van der Waals surface area (Å²) < 4.78 is 0. The molecule has 0 saturated carbocycles. The third-order valence-corrected chi connectivity index (χ3v) is 3.93. The number of likely N-dealkylation sites (tertiary alicyclic amines) is 1. The van der Waals surface area contributed by atoms with Crippen LogP contribution in [0.5, 0.6) is 0 Å². The number of halogens is 2. The Balaban J connectivity index is 2.42. The van der Waals surface area contributed by atoms with Crippen LogP contribution in [0.3, 0.4) is 0 Å². The number of carbonyl (C=O) groups is 2. The minimum atomic E-state index is -0.983. The van der Waals surface area contributed by atoms with E-state index in [2.05, 4.69) is 0 Å². The second-order valence-corrected chi connectivity index (χ2v) is 5.09. The van der Waals surface area contributed by atoms with Crippen LogP contribution in [0, 0.1) is 5.92 Å². The Morgan fingerprint density at radius 2 is 2.06 bits per heavy atom. The predicted molar refractivity (Wildman–Crippen MR) is 67.7 cm³/mol. The first-order valence-corrected chi connectivity index (χ1v) is 6.11. The maximum atomic E-state index is 11.6. The highest BCUT2D eigenvalue weighted by Crippen LogP contribution is 2.38. The van der Waals surface area contributed by atoms with Crippen molar-refractivity contribution in [3.8, 4) is 0 Å². The lowest BCUT2D eigenvalue weighted by Gasteiger charge is -2.23. The molecule has 0 radical (unpaired) electrons. The van der Waals surface area contributed by atoms with Gasteiger partial charge in [-0.3, -0.25) is 9.59 Å². The van der Waals surface area contributed by atoms with E-state index in [4.69, 9.17) is 28.3 Å². The Labute approximate surface area is 114 Å². The van der Waals surface area contributed by atoms with Crippen LogP contribution >= 0.6 is 23.2 Å². The summed E-state index contributed by atoms with van der Waals surface area (Å²) in [6.45, 7) is 0. The number of amides is 1. The number of carboxylic acids is 1. The van der Waals surface area contributed by atoms with E-state index in [1.807, 2.05) is 0 Å². The molecule has 1 aromatic carbocycles. The van der Waals surface area contributed by atoms with Gasteiger partial charge in [-0.05, 0) is 17.7 Å². The van der Waals surface area contributed by atoms with E-state index in [9.17, 15) is 9.59 Å². The molecule has 1 aliphatic rings. The monoisotopic (exact) mass is 287 g/mol. The third kappa shape index (κ3) is 2.18. The third-order valence-electron chi connectivity index (χ3n) is 3.19. The average Bonchev–Trinajstić information content (AvgIpc) is 2.60. The van der Waals surface area contributed by atoms with E-state index in [1.54, 1.807) is 25.2 Å². The highest BCUT2D eigenvalue weighted by atomic mass is 35.5. The fourth-order valence-electron chi connectivity index (χ4n) is 2.24. The first kappa shape index (κ1) is 13.2. The van der Waals surface area contributed by atoms with E-state index in [1.165, 1.54) is 4.90 Å². The van der Waals surface area contributed by atoms with Gasteiger partial charge in [0.05, 0.1) is 22.0 Å². The number of nitrogens with zero attached hydrogens (tertiary/aromatic N) is 1. The quantitative estimate of drug-likeness (QED) is 0.910. The van der Waals surface area contributed by atoms with Crippen LogP contribution in [0.1, 0.15) is 18.0 Å².